The van der Waals surface area contributed by atoms with Crippen molar-refractivity contribution in [1.29, 1.82) is 0 Å². The lowest BCUT2D eigenvalue weighted by atomic mass is 9.90. The molecule has 0 spiro atoms. The van der Waals surface area contributed by atoms with Crippen molar-refractivity contribution in [3.63, 3.8) is 0 Å². The maximum Gasteiger partial charge on any atom is 0.241 e. The van der Waals surface area contributed by atoms with Crippen molar-refractivity contribution in [1.82, 2.24) is 10.2 Å². The lowest BCUT2D eigenvalue weighted by Gasteiger charge is -2.38. The molecule has 1 amide bonds. The standard InChI is InChI=1S/C14H26N2O/c1-4-7-12-15-13(10(3)5-2)14(17)16(12)11-8-6-9-11/h10-13,15H,4-9H2,1-3H3. The molecule has 17 heavy (non-hydrogen) atoms. The van der Waals surface area contributed by atoms with E-state index in [-0.39, 0.29) is 6.04 Å². The smallest absolute Gasteiger partial charge is 0.241 e. The predicted molar refractivity (Wildman–Crippen MR) is 69.6 cm³/mol. The molecular weight excluding hydrogens is 212 g/mol. The van der Waals surface area contributed by atoms with Crippen LogP contribution in [-0.4, -0.2) is 29.1 Å². The third-order valence-corrected chi connectivity index (χ3v) is 4.47. The zero-order valence-electron chi connectivity index (χ0n) is 11.4. The highest BCUT2D eigenvalue weighted by Gasteiger charge is 2.44. The highest BCUT2D eigenvalue weighted by atomic mass is 16.2. The molecule has 0 aromatic carbocycles. The third-order valence-electron chi connectivity index (χ3n) is 4.47. The normalized spacial score (nSPS) is 31.7. The molecule has 1 saturated heterocycles. The number of hydrogen-bond donors (Lipinski definition) is 1. The Labute approximate surface area is 105 Å². The van der Waals surface area contributed by atoms with Gasteiger partial charge >= 0.3 is 0 Å². The minimum atomic E-state index is 0.0668. The fourth-order valence-electron chi connectivity index (χ4n) is 2.91. The Balaban J connectivity index is 2.07. The van der Waals surface area contributed by atoms with Gasteiger partial charge in [-0.3, -0.25) is 10.1 Å². The summed E-state index contributed by atoms with van der Waals surface area (Å²) in [6, 6.07) is 0.595. The molecule has 1 N–H and O–H groups in total. The first kappa shape index (κ1) is 12.9. The molecule has 98 valence electrons. The molecule has 0 radical (unpaired) electrons. The second kappa shape index (κ2) is 5.38. The van der Waals surface area contributed by atoms with Crippen molar-refractivity contribution < 1.29 is 4.79 Å². The van der Waals surface area contributed by atoms with Gasteiger partial charge in [-0.2, -0.15) is 0 Å². The molecule has 1 saturated carbocycles. The van der Waals surface area contributed by atoms with Gasteiger partial charge in [-0.15, -0.1) is 0 Å². The lowest BCUT2D eigenvalue weighted by molar-refractivity contribution is -0.134. The van der Waals surface area contributed by atoms with Gasteiger partial charge in [-0.1, -0.05) is 33.6 Å². The number of rotatable bonds is 5. The number of hydrogen-bond acceptors (Lipinski definition) is 2. The van der Waals surface area contributed by atoms with Crippen LogP contribution in [0.25, 0.3) is 0 Å². The Kier molecular flexibility index (Phi) is 4.08. The Bertz CT molecular complexity index is 275. The first-order valence-electron chi connectivity index (χ1n) is 7.27. The van der Waals surface area contributed by atoms with Gasteiger partial charge in [-0.05, 0) is 31.6 Å². The van der Waals surface area contributed by atoms with Crippen LogP contribution in [0.4, 0.5) is 0 Å². The molecule has 0 aromatic rings. The fraction of sp³-hybridized carbons (Fsp3) is 0.929. The van der Waals surface area contributed by atoms with Crippen LogP contribution < -0.4 is 5.32 Å². The molecule has 0 bridgehead atoms. The number of carbonyl (C=O) groups is 1. The van der Waals surface area contributed by atoms with Crippen LogP contribution >= 0.6 is 0 Å². The van der Waals surface area contributed by atoms with E-state index in [1.165, 1.54) is 19.3 Å². The molecular formula is C14H26N2O. The molecule has 0 aromatic heterocycles. The van der Waals surface area contributed by atoms with Crippen LogP contribution in [-0.2, 0) is 4.79 Å². The molecule has 2 aliphatic rings. The highest BCUT2D eigenvalue weighted by molar-refractivity contribution is 5.85. The van der Waals surface area contributed by atoms with Gasteiger partial charge in [0.1, 0.15) is 0 Å². The van der Waals surface area contributed by atoms with Crippen LogP contribution in [0.15, 0.2) is 0 Å². The summed E-state index contributed by atoms with van der Waals surface area (Å²) in [5.74, 6) is 0.814. The fourth-order valence-corrected chi connectivity index (χ4v) is 2.91. The summed E-state index contributed by atoms with van der Waals surface area (Å²) >= 11 is 0. The second-order valence-corrected chi connectivity index (χ2v) is 5.66. The van der Waals surface area contributed by atoms with E-state index >= 15 is 0 Å². The summed E-state index contributed by atoms with van der Waals surface area (Å²) in [5.41, 5.74) is 0. The number of amides is 1. The average molecular weight is 238 g/mol. The monoisotopic (exact) mass is 238 g/mol. The lowest BCUT2D eigenvalue weighted by Crippen LogP contribution is -2.47. The molecule has 3 unspecified atom stereocenters. The van der Waals surface area contributed by atoms with Crippen LogP contribution in [0, 0.1) is 5.92 Å². The molecule has 2 fully saturated rings. The molecule has 1 aliphatic heterocycles. The van der Waals surface area contributed by atoms with E-state index in [1.807, 2.05) is 0 Å². The van der Waals surface area contributed by atoms with Gasteiger partial charge in [0.05, 0.1) is 12.2 Å². The number of nitrogens with zero attached hydrogens (tertiary/aromatic N) is 1. The van der Waals surface area contributed by atoms with Crippen molar-refractivity contribution in [3.05, 3.63) is 0 Å². The number of nitrogens with one attached hydrogen (secondary N) is 1. The van der Waals surface area contributed by atoms with Gasteiger partial charge in [0.25, 0.3) is 0 Å². The van der Waals surface area contributed by atoms with Crippen LogP contribution in [0.1, 0.15) is 59.3 Å². The van der Waals surface area contributed by atoms with Gasteiger partial charge in [-0.25, -0.2) is 0 Å². The van der Waals surface area contributed by atoms with Gasteiger partial charge < -0.3 is 4.90 Å². The van der Waals surface area contributed by atoms with Crippen LogP contribution in [0.5, 0.6) is 0 Å². The zero-order valence-corrected chi connectivity index (χ0v) is 11.4. The first-order valence-corrected chi connectivity index (χ1v) is 7.27. The molecule has 3 nitrogen and oxygen atoms in total. The van der Waals surface area contributed by atoms with E-state index in [9.17, 15) is 4.79 Å². The first-order chi connectivity index (χ1) is 8.19. The maximum atomic E-state index is 12.5. The van der Waals surface area contributed by atoms with Crippen molar-refractivity contribution in [3.8, 4) is 0 Å². The topological polar surface area (TPSA) is 32.3 Å². The Morgan fingerprint density at radius 1 is 1.41 bits per heavy atom. The Hall–Kier alpha value is -0.570. The van der Waals surface area contributed by atoms with E-state index in [4.69, 9.17) is 0 Å². The largest absolute Gasteiger partial charge is 0.323 e. The van der Waals surface area contributed by atoms with Crippen molar-refractivity contribution >= 4 is 5.91 Å². The van der Waals surface area contributed by atoms with Gasteiger partial charge in [0, 0.05) is 6.04 Å². The molecule has 2 rings (SSSR count). The Morgan fingerprint density at radius 3 is 2.59 bits per heavy atom. The average Bonchev–Trinajstić information content (AvgIpc) is 2.55. The van der Waals surface area contributed by atoms with Crippen LogP contribution in [0.2, 0.25) is 0 Å². The molecule has 1 aliphatic carbocycles. The second-order valence-electron chi connectivity index (χ2n) is 5.66. The highest BCUT2D eigenvalue weighted by Crippen LogP contribution is 2.32. The van der Waals surface area contributed by atoms with E-state index in [0.717, 1.165) is 19.3 Å². The van der Waals surface area contributed by atoms with E-state index in [0.29, 0.717) is 24.0 Å². The van der Waals surface area contributed by atoms with E-state index in [1.54, 1.807) is 0 Å². The Morgan fingerprint density at radius 2 is 2.12 bits per heavy atom. The SMILES string of the molecule is CCCC1NC(C(C)CC)C(=O)N1C1CCC1. The summed E-state index contributed by atoms with van der Waals surface area (Å²) < 4.78 is 0. The zero-order chi connectivity index (χ0) is 12.4. The van der Waals surface area contributed by atoms with Crippen molar-refractivity contribution in [2.45, 2.75) is 77.5 Å². The third kappa shape index (κ3) is 2.35. The molecule has 1 heterocycles. The van der Waals surface area contributed by atoms with Crippen molar-refractivity contribution in [2.24, 2.45) is 5.92 Å². The summed E-state index contributed by atoms with van der Waals surface area (Å²) in [7, 11) is 0. The van der Waals surface area contributed by atoms with E-state index in [2.05, 4.69) is 31.0 Å². The summed E-state index contributed by atoms with van der Waals surface area (Å²) in [6.45, 7) is 6.55. The van der Waals surface area contributed by atoms with Crippen LogP contribution in [0.3, 0.4) is 0 Å². The summed E-state index contributed by atoms with van der Waals surface area (Å²) in [5, 5.41) is 3.57. The summed E-state index contributed by atoms with van der Waals surface area (Å²) in [4.78, 5) is 14.7. The van der Waals surface area contributed by atoms with E-state index < -0.39 is 0 Å². The predicted octanol–water partition coefficient (Wildman–Crippen LogP) is 2.51. The number of carbonyl (C=O) groups excluding carboxylic acids is 1. The maximum absolute atomic E-state index is 12.5. The van der Waals surface area contributed by atoms with Gasteiger partial charge in [0.2, 0.25) is 5.91 Å². The molecule has 3 heteroatoms. The van der Waals surface area contributed by atoms with Crippen molar-refractivity contribution in [2.75, 3.05) is 0 Å². The minimum absolute atomic E-state index is 0.0668. The van der Waals surface area contributed by atoms with Gasteiger partial charge in [0.15, 0.2) is 0 Å². The summed E-state index contributed by atoms with van der Waals surface area (Å²) in [6.07, 6.45) is 7.32. The quantitative estimate of drug-likeness (QED) is 0.798. The minimum Gasteiger partial charge on any atom is -0.323 e. The molecule has 3 atom stereocenters.